The first kappa shape index (κ1) is 19.8. The molecule has 0 unspecified atom stereocenters. The maximum absolute atomic E-state index is 12.8. The second-order valence-corrected chi connectivity index (χ2v) is 9.46. The Labute approximate surface area is 177 Å². The topological polar surface area (TPSA) is 75.7 Å². The highest BCUT2D eigenvalue weighted by Crippen LogP contribution is 2.34. The minimum atomic E-state index is -3.90. The van der Waals surface area contributed by atoms with Gasteiger partial charge < -0.3 is 9.64 Å². The van der Waals surface area contributed by atoms with Gasteiger partial charge >= 0.3 is 0 Å². The lowest BCUT2D eigenvalue weighted by Gasteiger charge is -2.17. The summed E-state index contributed by atoms with van der Waals surface area (Å²) in [5.41, 5.74) is 2.12. The van der Waals surface area contributed by atoms with E-state index in [-0.39, 0.29) is 16.6 Å². The van der Waals surface area contributed by atoms with Crippen molar-refractivity contribution in [2.75, 3.05) is 23.3 Å². The Bertz CT molecular complexity index is 1180. The Morgan fingerprint density at radius 1 is 1.21 bits per heavy atom. The zero-order valence-corrected chi connectivity index (χ0v) is 17.8. The Morgan fingerprint density at radius 3 is 2.76 bits per heavy atom. The summed E-state index contributed by atoms with van der Waals surface area (Å²) in [6.07, 6.45) is 0.655. The fourth-order valence-corrected chi connectivity index (χ4v) is 5.43. The van der Waals surface area contributed by atoms with E-state index in [1.165, 1.54) is 30.6 Å². The molecular weight excluding hydrogens is 432 g/mol. The van der Waals surface area contributed by atoms with Crippen LogP contribution in [0.5, 0.6) is 5.75 Å². The number of nitrogens with zero attached hydrogens (tertiary/aromatic N) is 1. The molecule has 0 spiro atoms. The van der Waals surface area contributed by atoms with Crippen molar-refractivity contribution in [3.05, 3.63) is 69.4 Å². The molecule has 1 aliphatic heterocycles. The summed E-state index contributed by atoms with van der Waals surface area (Å²) in [7, 11) is -2.50. The summed E-state index contributed by atoms with van der Waals surface area (Å²) < 4.78 is 33.4. The molecular formula is C20H17ClN2O4S2. The number of carbonyl (C=O) groups excluding carboxylic acids is 1. The molecule has 1 aromatic heterocycles. The van der Waals surface area contributed by atoms with E-state index in [4.69, 9.17) is 16.3 Å². The van der Waals surface area contributed by atoms with Crippen LogP contribution in [0.3, 0.4) is 0 Å². The highest BCUT2D eigenvalue weighted by Gasteiger charge is 2.27. The molecule has 0 radical (unpaired) electrons. The normalized spacial score (nSPS) is 13.2. The standard InChI is InChI=1S/C20H17ClN2O4S2/c1-27-17-7-4-14(21)12-19(17)29(25,26)22-15-5-6-16-13(11-15)8-9-23(16)20(24)18-3-2-10-28-18/h2-7,10-12,22H,8-9H2,1H3. The van der Waals surface area contributed by atoms with Crippen molar-refractivity contribution >= 4 is 50.2 Å². The molecule has 2 heterocycles. The minimum Gasteiger partial charge on any atom is -0.495 e. The Hall–Kier alpha value is -2.55. The van der Waals surface area contributed by atoms with Crippen LogP contribution in [0.25, 0.3) is 0 Å². The zero-order valence-electron chi connectivity index (χ0n) is 15.4. The summed E-state index contributed by atoms with van der Waals surface area (Å²) in [5.74, 6) is 0.159. The number of carbonyl (C=O) groups is 1. The van der Waals surface area contributed by atoms with Gasteiger partial charge in [-0.15, -0.1) is 11.3 Å². The number of sulfonamides is 1. The molecule has 3 aromatic rings. The summed E-state index contributed by atoms with van der Waals surface area (Å²) in [5, 5.41) is 2.16. The largest absolute Gasteiger partial charge is 0.495 e. The molecule has 0 saturated heterocycles. The van der Waals surface area contributed by atoms with Gasteiger partial charge in [0.1, 0.15) is 10.6 Å². The number of amides is 1. The van der Waals surface area contributed by atoms with Crippen molar-refractivity contribution in [3.8, 4) is 5.75 Å². The van der Waals surface area contributed by atoms with Crippen LogP contribution in [0.4, 0.5) is 11.4 Å². The van der Waals surface area contributed by atoms with Gasteiger partial charge in [0.05, 0.1) is 12.0 Å². The fourth-order valence-electron chi connectivity index (χ4n) is 3.28. The fraction of sp³-hybridized carbons (Fsp3) is 0.150. The van der Waals surface area contributed by atoms with Crippen molar-refractivity contribution in [3.63, 3.8) is 0 Å². The van der Waals surface area contributed by atoms with Gasteiger partial charge in [0.2, 0.25) is 0 Å². The molecule has 6 nitrogen and oxygen atoms in total. The summed E-state index contributed by atoms with van der Waals surface area (Å²) in [4.78, 5) is 15.0. The van der Waals surface area contributed by atoms with Crippen molar-refractivity contribution in [1.82, 2.24) is 0 Å². The van der Waals surface area contributed by atoms with Crippen LogP contribution in [0, 0.1) is 0 Å². The smallest absolute Gasteiger partial charge is 0.268 e. The van der Waals surface area contributed by atoms with Crippen LogP contribution in [0.1, 0.15) is 15.2 Å². The highest BCUT2D eigenvalue weighted by molar-refractivity contribution is 7.92. The first-order chi connectivity index (χ1) is 13.9. The molecule has 0 fully saturated rings. The van der Waals surface area contributed by atoms with E-state index >= 15 is 0 Å². The van der Waals surface area contributed by atoms with E-state index < -0.39 is 10.0 Å². The van der Waals surface area contributed by atoms with Crippen LogP contribution in [-0.4, -0.2) is 28.0 Å². The van der Waals surface area contributed by atoms with E-state index in [0.29, 0.717) is 28.6 Å². The molecule has 4 rings (SSSR count). The van der Waals surface area contributed by atoms with Crippen LogP contribution < -0.4 is 14.4 Å². The van der Waals surface area contributed by atoms with Gasteiger partial charge in [-0.25, -0.2) is 8.42 Å². The second kappa shape index (κ2) is 7.70. The lowest BCUT2D eigenvalue weighted by molar-refractivity contribution is 0.0993. The molecule has 0 bridgehead atoms. The molecule has 29 heavy (non-hydrogen) atoms. The third-order valence-corrected chi connectivity index (χ3v) is 7.12. The van der Waals surface area contributed by atoms with E-state index in [0.717, 1.165) is 11.3 Å². The first-order valence-electron chi connectivity index (χ1n) is 8.74. The predicted molar refractivity (Wildman–Crippen MR) is 115 cm³/mol. The third-order valence-electron chi connectivity index (χ3n) is 4.62. The van der Waals surface area contributed by atoms with Crippen molar-refractivity contribution in [2.45, 2.75) is 11.3 Å². The third kappa shape index (κ3) is 3.83. The number of hydrogen-bond acceptors (Lipinski definition) is 5. The second-order valence-electron chi connectivity index (χ2n) is 6.43. The van der Waals surface area contributed by atoms with Crippen LogP contribution in [-0.2, 0) is 16.4 Å². The predicted octanol–water partition coefficient (Wildman–Crippen LogP) is 4.41. The molecule has 1 aliphatic rings. The van der Waals surface area contributed by atoms with Crippen molar-refractivity contribution in [2.24, 2.45) is 0 Å². The van der Waals surface area contributed by atoms with E-state index in [9.17, 15) is 13.2 Å². The van der Waals surface area contributed by atoms with Crippen molar-refractivity contribution < 1.29 is 17.9 Å². The highest BCUT2D eigenvalue weighted by atomic mass is 35.5. The SMILES string of the molecule is COc1ccc(Cl)cc1S(=O)(=O)Nc1ccc2c(c1)CCN2C(=O)c1cccs1. The Kier molecular flexibility index (Phi) is 5.24. The van der Waals surface area contributed by atoms with Gasteiger partial charge in [-0.3, -0.25) is 9.52 Å². The van der Waals surface area contributed by atoms with E-state index in [1.807, 2.05) is 11.4 Å². The maximum atomic E-state index is 12.8. The van der Waals surface area contributed by atoms with Crippen LogP contribution >= 0.6 is 22.9 Å². The molecule has 1 amide bonds. The Balaban J connectivity index is 1.61. The Morgan fingerprint density at radius 2 is 2.03 bits per heavy atom. The lowest BCUT2D eigenvalue weighted by atomic mass is 10.1. The zero-order chi connectivity index (χ0) is 20.6. The number of nitrogens with one attached hydrogen (secondary N) is 1. The molecule has 2 aromatic carbocycles. The van der Waals surface area contributed by atoms with E-state index in [2.05, 4.69) is 4.72 Å². The lowest BCUT2D eigenvalue weighted by Crippen LogP contribution is -2.28. The summed E-state index contributed by atoms with van der Waals surface area (Å²) >= 11 is 7.36. The number of halogens is 1. The number of benzene rings is 2. The number of fused-ring (bicyclic) bond motifs is 1. The van der Waals surface area contributed by atoms with Gasteiger partial charge in [-0.2, -0.15) is 0 Å². The number of thiophene rings is 1. The molecule has 1 N–H and O–H groups in total. The van der Waals surface area contributed by atoms with Gasteiger partial charge in [-0.05, 0) is 59.8 Å². The quantitative estimate of drug-likeness (QED) is 0.627. The minimum absolute atomic E-state index is 0.0394. The van der Waals surface area contributed by atoms with Gasteiger partial charge in [-0.1, -0.05) is 17.7 Å². The average Bonchev–Trinajstić information content (AvgIpc) is 3.37. The molecule has 0 atom stereocenters. The van der Waals surface area contributed by atoms with Crippen LogP contribution in [0.15, 0.2) is 58.8 Å². The monoisotopic (exact) mass is 448 g/mol. The number of hydrogen-bond donors (Lipinski definition) is 1. The maximum Gasteiger partial charge on any atom is 0.268 e. The van der Waals surface area contributed by atoms with Crippen molar-refractivity contribution in [1.29, 1.82) is 0 Å². The number of anilines is 2. The number of methoxy groups -OCH3 is 1. The average molecular weight is 449 g/mol. The van der Waals surface area contributed by atoms with Crippen LogP contribution in [0.2, 0.25) is 5.02 Å². The first-order valence-corrected chi connectivity index (χ1v) is 11.5. The van der Waals surface area contributed by atoms with Gasteiger partial charge in [0, 0.05) is 22.9 Å². The number of rotatable bonds is 5. The van der Waals surface area contributed by atoms with Gasteiger partial charge in [0.25, 0.3) is 15.9 Å². The molecule has 0 aliphatic carbocycles. The van der Waals surface area contributed by atoms with E-state index in [1.54, 1.807) is 35.2 Å². The number of ether oxygens (including phenoxy) is 1. The molecule has 0 saturated carbocycles. The molecule has 9 heteroatoms. The molecule has 150 valence electrons. The summed E-state index contributed by atoms with van der Waals surface area (Å²) in [6.45, 7) is 0.560. The summed E-state index contributed by atoms with van der Waals surface area (Å²) in [6, 6.07) is 13.2. The van der Waals surface area contributed by atoms with Gasteiger partial charge in [0.15, 0.2) is 0 Å².